The van der Waals surface area contributed by atoms with Crippen LogP contribution in [0.25, 0.3) is 22.0 Å². The largest absolute Gasteiger partial charge is 0.497 e. The second-order valence-electron chi connectivity index (χ2n) is 7.03. The van der Waals surface area contributed by atoms with Crippen LogP contribution in [-0.4, -0.2) is 48.4 Å². The van der Waals surface area contributed by atoms with Crippen molar-refractivity contribution in [3.05, 3.63) is 48.3 Å². The standard InChI is InChI=1S/C21H23FN4O/c1-26-11-5-6-14(13-26)23-21-17-8-4-3-7-16(17)20(24-25-21)18-10-9-15(27-2)12-19(18)22/h3-4,7-10,12,14H,5-6,11,13H2,1-2H3,(H,23,25). The van der Waals surface area contributed by atoms with Crippen LogP contribution in [0.4, 0.5) is 10.2 Å². The highest BCUT2D eigenvalue weighted by Gasteiger charge is 2.20. The molecule has 1 atom stereocenters. The zero-order valence-electron chi connectivity index (χ0n) is 15.6. The summed E-state index contributed by atoms with van der Waals surface area (Å²) in [4.78, 5) is 2.32. The van der Waals surface area contributed by atoms with Crippen LogP contribution in [0.1, 0.15) is 12.8 Å². The second kappa shape index (κ2) is 7.48. The maximum Gasteiger partial charge on any atom is 0.156 e. The fraction of sp³-hybridized carbons (Fsp3) is 0.333. The number of aromatic nitrogens is 2. The number of likely N-dealkylation sites (N-methyl/N-ethyl adjacent to an activating group) is 1. The first kappa shape index (κ1) is 17.7. The summed E-state index contributed by atoms with van der Waals surface area (Å²) in [6.07, 6.45) is 2.27. The van der Waals surface area contributed by atoms with Crippen molar-refractivity contribution in [1.82, 2.24) is 15.1 Å². The van der Waals surface area contributed by atoms with Crippen LogP contribution in [0.2, 0.25) is 0 Å². The van der Waals surface area contributed by atoms with E-state index in [4.69, 9.17) is 4.74 Å². The minimum atomic E-state index is -0.372. The van der Waals surface area contributed by atoms with Gasteiger partial charge in [-0.2, -0.15) is 0 Å². The minimum absolute atomic E-state index is 0.338. The van der Waals surface area contributed by atoms with Crippen LogP contribution in [0.5, 0.6) is 5.75 Å². The number of halogens is 1. The van der Waals surface area contributed by atoms with Gasteiger partial charge in [-0.1, -0.05) is 24.3 Å². The van der Waals surface area contributed by atoms with Gasteiger partial charge in [-0.15, -0.1) is 10.2 Å². The van der Waals surface area contributed by atoms with E-state index < -0.39 is 0 Å². The maximum atomic E-state index is 14.6. The summed E-state index contributed by atoms with van der Waals surface area (Å²) in [6, 6.07) is 13.0. The third-order valence-electron chi connectivity index (χ3n) is 5.08. The molecule has 1 aromatic heterocycles. The van der Waals surface area contributed by atoms with Gasteiger partial charge in [0, 0.05) is 35.0 Å². The molecule has 2 aromatic carbocycles. The molecule has 2 heterocycles. The van der Waals surface area contributed by atoms with Crippen molar-refractivity contribution in [2.75, 3.05) is 32.6 Å². The average molecular weight is 366 g/mol. The molecule has 0 aliphatic carbocycles. The molecule has 1 aliphatic rings. The van der Waals surface area contributed by atoms with Gasteiger partial charge in [0.1, 0.15) is 17.3 Å². The van der Waals surface area contributed by atoms with Crippen molar-refractivity contribution in [3.8, 4) is 17.0 Å². The lowest BCUT2D eigenvalue weighted by atomic mass is 10.0. The zero-order valence-corrected chi connectivity index (χ0v) is 15.6. The lowest BCUT2D eigenvalue weighted by molar-refractivity contribution is 0.261. The van der Waals surface area contributed by atoms with Crippen LogP contribution in [0, 0.1) is 5.82 Å². The van der Waals surface area contributed by atoms with Crippen molar-refractivity contribution < 1.29 is 9.13 Å². The molecule has 1 aliphatic heterocycles. The van der Waals surface area contributed by atoms with E-state index in [0.29, 0.717) is 23.0 Å². The molecular weight excluding hydrogens is 343 g/mol. The van der Waals surface area contributed by atoms with E-state index in [2.05, 4.69) is 27.5 Å². The molecule has 0 bridgehead atoms. The molecule has 5 nitrogen and oxygen atoms in total. The number of fused-ring (bicyclic) bond motifs is 1. The third kappa shape index (κ3) is 3.57. The van der Waals surface area contributed by atoms with E-state index in [9.17, 15) is 4.39 Å². The predicted octanol–water partition coefficient (Wildman–Crippen LogP) is 3.95. The summed E-state index contributed by atoms with van der Waals surface area (Å²) in [5.41, 5.74) is 0.959. The monoisotopic (exact) mass is 366 g/mol. The Balaban J connectivity index is 1.74. The summed E-state index contributed by atoms with van der Waals surface area (Å²) in [7, 11) is 3.65. The Labute approximate surface area is 158 Å². The van der Waals surface area contributed by atoms with Gasteiger partial charge in [0.15, 0.2) is 5.82 Å². The Morgan fingerprint density at radius 2 is 1.96 bits per heavy atom. The Morgan fingerprint density at radius 3 is 2.70 bits per heavy atom. The highest BCUT2D eigenvalue weighted by atomic mass is 19.1. The van der Waals surface area contributed by atoms with E-state index in [1.54, 1.807) is 12.1 Å². The van der Waals surface area contributed by atoms with Crippen LogP contribution in [0.15, 0.2) is 42.5 Å². The van der Waals surface area contributed by atoms with E-state index >= 15 is 0 Å². The number of anilines is 1. The summed E-state index contributed by atoms with van der Waals surface area (Å²) >= 11 is 0. The van der Waals surface area contributed by atoms with Crippen LogP contribution < -0.4 is 10.1 Å². The van der Waals surface area contributed by atoms with Gasteiger partial charge in [-0.05, 0) is 38.6 Å². The first-order valence-corrected chi connectivity index (χ1v) is 9.20. The fourth-order valence-corrected chi connectivity index (χ4v) is 3.70. The first-order valence-electron chi connectivity index (χ1n) is 9.20. The van der Waals surface area contributed by atoms with Crippen molar-refractivity contribution in [2.24, 2.45) is 0 Å². The van der Waals surface area contributed by atoms with Gasteiger partial charge in [0.25, 0.3) is 0 Å². The van der Waals surface area contributed by atoms with Crippen molar-refractivity contribution in [1.29, 1.82) is 0 Å². The van der Waals surface area contributed by atoms with Gasteiger partial charge in [0.2, 0.25) is 0 Å². The first-order chi connectivity index (χ1) is 13.2. The Kier molecular flexibility index (Phi) is 4.90. The minimum Gasteiger partial charge on any atom is -0.497 e. The SMILES string of the molecule is COc1ccc(-c2nnc(NC3CCCN(C)C3)c3ccccc23)c(F)c1. The van der Waals surface area contributed by atoms with Gasteiger partial charge < -0.3 is 15.0 Å². The Bertz CT molecular complexity index is 962. The highest BCUT2D eigenvalue weighted by Crippen LogP contribution is 2.33. The Morgan fingerprint density at radius 1 is 1.15 bits per heavy atom. The fourth-order valence-electron chi connectivity index (χ4n) is 3.70. The molecule has 27 heavy (non-hydrogen) atoms. The number of likely N-dealkylation sites (tertiary alicyclic amines) is 1. The number of hydrogen-bond donors (Lipinski definition) is 1. The maximum absolute atomic E-state index is 14.6. The smallest absolute Gasteiger partial charge is 0.156 e. The normalized spacial score (nSPS) is 17.8. The number of ether oxygens (including phenoxy) is 1. The van der Waals surface area contributed by atoms with E-state index in [0.717, 1.165) is 42.5 Å². The van der Waals surface area contributed by atoms with Crippen molar-refractivity contribution in [2.45, 2.75) is 18.9 Å². The molecule has 0 amide bonds. The number of rotatable bonds is 4. The van der Waals surface area contributed by atoms with E-state index in [-0.39, 0.29) is 5.82 Å². The van der Waals surface area contributed by atoms with Crippen LogP contribution in [0.3, 0.4) is 0 Å². The number of nitrogens with zero attached hydrogens (tertiary/aromatic N) is 3. The quantitative estimate of drug-likeness (QED) is 0.758. The summed E-state index contributed by atoms with van der Waals surface area (Å²) in [5.74, 6) is 0.861. The number of piperidine rings is 1. The molecule has 6 heteroatoms. The average Bonchev–Trinajstić information content (AvgIpc) is 2.68. The molecule has 1 fully saturated rings. The van der Waals surface area contributed by atoms with Crippen molar-refractivity contribution in [3.63, 3.8) is 0 Å². The van der Waals surface area contributed by atoms with Gasteiger partial charge in [-0.3, -0.25) is 0 Å². The van der Waals surface area contributed by atoms with Crippen molar-refractivity contribution >= 4 is 16.6 Å². The van der Waals surface area contributed by atoms with Crippen LogP contribution >= 0.6 is 0 Å². The molecule has 1 unspecified atom stereocenters. The van der Waals surface area contributed by atoms with Gasteiger partial charge >= 0.3 is 0 Å². The summed E-state index contributed by atoms with van der Waals surface area (Å²) < 4.78 is 19.7. The molecule has 140 valence electrons. The highest BCUT2D eigenvalue weighted by molar-refractivity contribution is 6.00. The number of nitrogens with one attached hydrogen (secondary N) is 1. The summed E-state index contributed by atoms with van der Waals surface area (Å²) in [5, 5.41) is 14.1. The topological polar surface area (TPSA) is 50.3 Å². The van der Waals surface area contributed by atoms with Gasteiger partial charge in [0.05, 0.1) is 7.11 Å². The number of hydrogen-bond acceptors (Lipinski definition) is 5. The van der Waals surface area contributed by atoms with Gasteiger partial charge in [-0.25, -0.2) is 4.39 Å². The molecule has 0 saturated carbocycles. The zero-order chi connectivity index (χ0) is 18.8. The third-order valence-corrected chi connectivity index (χ3v) is 5.08. The lowest BCUT2D eigenvalue weighted by Crippen LogP contribution is -2.40. The van der Waals surface area contributed by atoms with E-state index in [1.807, 2.05) is 24.3 Å². The predicted molar refractivity (Wildman–Crippen MR) is 106 cm³/mol. The molecule has 1 N–H and O–H groups in total. The van der Waals surface area contributed by atoms with E-state index in [1.165, 1.54) is 13.2 Å². The van der Waals surface area contributed by atoms with Crippen LogP contribution in [-0.2, 0) is 0 Å². The lowest BCUT2D eigenvalue weighted by Gasteiger charge is -2.30. The Hall–Kier alpha value is -2.73. The molecule has 0 spiro atoms. The molecular formula is C21H23FN4O. The number of methoxy groups -OCH3 is 1. The molecule has 1 saturated heterocycles. The number of benzene rings is 2. The second-order valence-corrected chi connectivity index (χ2v) is 7.03. The molecule has 0 radical (unpaired) electrons. The molecule has 3 aromatic rings. The summed E-state index contributed by atoms with van der Waals surface area (Å²) in [6.45, 7) is 2.10. The molecule has 4 rings (SSSR count).